The first-order valence-corrected chi connectivity index (χ1v) is 6.18. The number of aromatic amines is 1. The second-order valence-electron chi connectivity index (χ2n) is 4.43. The minimum Gasteiger partial charge on any atom is -0.418 e. The van der Waals surface area contributed by atoms with Crippen molar-refractivity contribution in [3.05, 3.63) is 27.5 Å². The molecule has 0 bridgehead atoms. The molecule has 0 atom stereocenters. The molecule has 1 aromatic rings. The van der Waals surface area contributed by atoms with Crippen molar-refractivity contribution in [2.24, 2.45) is 0 Å². The van der Waals surface area contributed by atoms with Gasteiger partial charge in [-0.3, -0.25) is 9.59 Å². The molecule has 1 aromatic heterocycles. The number of nitrogens with zero attached hydrogens (tertiary/aromatic N) is 1. The lowest BCUT2D eigenvalue weighted by atomic mass is 10.1. The van der Waals surface area contributed by atoms with E-state index in [1.165, 1.54) is 18.0 Å². The molecule has 1 saturated heterocycles. The third kappa shape index (κ3) is 2.96. The van der Waals surface area contributed by atoms with Gasteiger partial charge in [0.25, 0.3) is 5.91 Å². The predicted molar refractivity (Wildman–Crippen MR) is 67.2 cm³/mol. The van der Waals surface area contributed by atoms with E-state index in [2.05, 4.69) is 15.0 Å². The van der Waals surface area contributed by atoms with E-state index in [0.717, 1.165) is 0 Å². The summed E-state index contributed by atoms with van der Waals surface area (Å²) >= 11 is 0. The van der Waals surface area contributed by atoms with Crippen molar-refractivity contribution in [3.8, 4) is 5.88 Å². The van der Waals surface area contributed by atoms with Gasteiger partial charge in [0.15, 0.2) is 0 Å². The molecule has 2 N–H and O–H groups in total. The highest BCUT2D eigenvalue weighted by molar-refractivity contribution is 5.96. The fraction of sp³-hybridized carbons (Fsp3) is 0.500. The van der Waals surface area contributed by atoms with Crippen molar-refractivity contribution in [3.63, 3.8) is 0 Å². The summed E-state index contributed by atoms with van der Waals surface area (Å²) in [6, 6.07) is 0. The van der Waals surface area contributed by atoms with Crippen LogP contribution in [-0.4, -0.2) is 48.6 Å². The van der Waals surface area contributed by atoms with E-state index in [1.54, 1.807) is 0 Å². The van der Waals surface area contributed by atoms with Crippen molar-refractivity contribution in [2.45, 2.75) is 13.5 Å². The minimum atomic E-state index is -3.11. The fourth-order valence-electron chi connectivity index (χ4n) is 2.01. The number of piperazine rings is 1. The molecule has 0 radical (unpaired) electrons. The van der Waals surface area contributed by atoms with Gasteiger partial charge in [0.1, 0.15) is 5.56 Å². The zero-order valence-electron chi connectivity index (χ0n) is 10.9. The van der Waals surface area contributed by atoms with Crippen molar-refractivity contribution in [1.29, 1.82) is 0 Å². The molecule has 8 heteroatoms. The van der Waals surface area contributed by atoms with Crippen LogP contribution in [-0.2, 0) is 0 Å². The molecule has 2 rings (SSSR count). The smallest absolute Gasteiger partial charge is 0.388 e. The molecule has 1 aliphatic rings. The molecule has 6 nitrogen and oxygen atoms in total. The van der Waals surface area contributed by atoms with Crippen LogP contribution in [0.1, 0.15) is 15.9 Å². The number of H-pyrrole nitrogens is 1. The minimum absolute atomic E-state index is 0.269. The van der Waals surface area contributed by atoms with Crippen LogP contribution >= 0.6 is 0 Å². The molecular formula is C12H15F2N3O3. The van der Waals surface area contributed by atoms with E-state index in [9.17, 15) is 18.4 Å². The third-order valence-electron chi connectivity index (χ3n) is 3.06. The number of rotatable bonds is 3. The van der Waals surface area contributed by atoms with Crippen LogP contribution < -0.4 is 15.5 Å². The van der Waals surface area contributed by atoms with Gasteiger partial charge in [0, 0.05) is 37.9 Å². The average molecular weight is 287 g/mol. The van der Waals surface area contributed by atoms with Gasteiger partial charge < -0.3 is 19.9 Å². The number of amides is 1. The largest absolute Gasteiger partial charge is 0.418 e. The summed E-state index contributed by atoms with van der Waals surface area (Å²) in [6.07, 6.45) is 1.24. The maximum Gasteiger partial charge on any atom is 0.388 e. The molecule has 1 aliphatic heterocycles. The Morgan fingerprint density at radius 3 is 2.65 bits per heavy atom. The summed E-state index contributed by atoms with van der Waals surface area (Å²) in [7, 11) is 0. The maximum absolute atomic E-state index is 12.4. The van der Waals surface area contributed by atoms with Crippen molar-refractivity contribution in [1.82, 2.24) is 15.2 Å². The van der Waals surface area contributed by atoms with Crippen LogP contribution in [0.25, 0.3) is 0 Å². The molecule has 0 spiro atoms. The van der Waals surface area contributed by atoms with Gasteiger partial charge in [-0.2, -0.15) is 8.78 Å². The number of ether oxygens (including phenoxy) is 1. The van der Waals surface area contributed by atoms with Crippen LogP contribution in [0.5, 0.6) is 5.88 Å². The normalized spacial score (nSPS) is 15.5. The fourth-order valence-corrected chi connectivity index (χ4v) is 2.01. The number of hydrogen-bond donors (Lipinski definition) is 2. The van der Waals surface area contributed by atoms with Gasteiger partial charge in [-0.25, -0.2) is 0 Å². The van der Waals surface area contributed by atoms with Crippen LogP contribution in [0.2, 0.25) is 0 Å². The van der Waals surface area contributed by atoms with Crippen molar-refractivity contribution >= 4 is 5.91 Å². The van der Waals surface area contributed by atoms with Gasteiger partial charge in [-0.15, -0.1) is 0 Å². The highest BCUT2D eigenvalue weighted by Gasteiger charge is 2.26. The number of aromatic nitrogens is 1. The zero-order valence-corrected chi connectivity index (χ0v) is 10.9. The standard InChI is InChI=1S/C12H15F2N3O3/c1-7-6-16-10(20-12(13)14)8(9(7)18)11(19)17-4-2-15-3-5-17/h6,12,15H,2-5H2,1H3,(H,16,18). The van der Waals surface area contributed by atoms with Crippen molar-refractivity contribution < 1.29 is 18.3 Å². The molecule has 1 amide bonds. The number of carbonyl (C=O) groups excluding carboxylic acids is 1. The van der Waals surface area contributed by atoms with Crippen LogP contribution in [0, 0.1) is 6.92 Å². The van der Waals surface area contributed by atoms with Gasteiger partial charge >= 0.3 is 6.61 Å². The lowest BCUT2D eigenvalue weighted by molar-refractivity contribution is -0.0534. The molecule has 1 fully saturated rings. The molecule has 0 unspecified atom stereocenters. The lowest BCUT2D eigenvalue weighted by Gasteiger charge is -2.27. The summed E-state index contributed by atoms with van der Waals surface area (Å²) < 4.78 is 29.0. The first kappa shape index (κ1) is 14.4. The van der Waals surface area contributed by atoms with Gasteiger partial charge in [-0.05, 0) is 6.92 Å². The topological polar surface area (TPSA) is 74.4 Å². The molecule has 110 valence electrons. The van der Waals surface area contributed by atoms with E-state index in [1.807, 2.05) is 0 Å². The van der Waals surface area contributed by atoms with Gasteiger partial charge in [-0.1, -0.05) is 0 Å². The zero-order chi connectivity index (χ0) is 14.7. The first-order chi connectivity index (χ1) is 9.50. The van der Waals surface area contributed by atoms with Crippen LogP contribution in [0.15, 0.2) is 11.0 Å². The number of alkyl halides is 2. The molecule has 0 aromatic carbocycles. The van der Waals surface area contributed by atoms with Crippen molar-refractivity contribution in [2.75, 3.05) is 26.2 Å². The Hall–Kier alpha value is -1.96. The van der Waals surface area contributed by atoms with E-state index >= 15 is 0 Å². The summed E-state index contributed by atoms with van der Waals surface area (Å²) in [5.41, 5.74) is -0.694. The number of hydrogen-bond acceptors (Lipinski definition) is 4. The number of halogens is 2. The Morgan fingerprint density at radius 1 is 1.40 bits per heavy atom. The Kier molecular flexibility index (Phi) is 4.33. The first-order valence-electron chi connectivity index (χ1n) is 6.18. The second-order valence-corrected chi connectivity index (χ2v) is 4.43. The number of carbonyl (C=O) groups is 1. The quantitative estimate of drug-likeness (QED) is 0.840. The summed E-state index contributed by atoms with van der Waals surface area (Å²) in [5, 5.41) is 3.06. The number of aryl methyl sites for hydroxylation is 1. The molecule has 0 saturated carbocycles. The van der Waals surface area contributed by atoms with Crippen LogP contribution in [0.4, 0.5) is 8.78 Å². The van der Waals surface area contributed by atoms with E-state index < -0.39 is 23.8 Å². The summed E-state index contributed by atoms with van der Waals surface area (Å²) in [4.78, 5) is 28.3. The Bertz CT molecular complexity index is 553. The summed E-state index contributed by atoms with van der Waals surface area (Å²) in [6.45, 7) is 0.421. The van der Waals surface area contributed by atoms with E-state index in [4.69, 9.17) is 0 Å². The van der Waals surface area contributed by atoms with E-state index in [-0.39, 0.29) is 11.1 Å². The summed E-state index contributed by atoms with van der Waals surface area (Å²) in [5.74, 6) is -1.08. The Balaban J connectivity index is 2.39. The monoisotopic (exact) mass is 287 g/mol. The average Bonchev–Trinajstić information content (AvgIpc) is 2.43. The molecule has 0 aliphatic carbocycles. The maximum atomic E-state index is 12.4. The van der Waals surface area contributed by atoms with E-state index in [0.29, 0.717) is 26.2 Å². The van der Waals surface area contributed by atoms with Crippen LogP contribution in [0.3, 0.4) is 0 Å². The number of pyridine rings is 1. The van der Waals surface area contributed by atoms with Gasteiger partial charge in [0.2, 0.25) is 11.3 Å². The highest BCUT2D eigenvalue weighted by Crippen LogP contribution is 2.17. The number of nitrogens with one attached hydrogen (secondary N) is 2. The van der Waals surface area contributed by atoms with Gasteiger partial charge in [0.05, 0.1) is 0 Å². The molecule has 2 heterocycles. The highest BCUT2D eigenvalue weighted by atomic mass is 19.3. The second kappa shape index (κ2) is 6.00. The Morgan fingerprint density at radius 2 is 2.05 bits per heavy atom. The lowest BCUT2D eigenvalue weighted by Crippen LogP contribution is -2.47. The SMILES string of the molecule is Cc1c[nH]c(OC(F)F)c(C(=O)N2CCNCC2)c1=O. The third-order valence-corrected chi connectivity index (χ3v) is 3.06. The Labute approximate surface area is 113 Å². The predicted octanol–water partition coefficient (Wildman–Crippen LogP) is 0.330. The molecule has 20 heavy (non-hydrogen) atoms. The molecular weight excluding hydrogens is 272 g/mol.